The SMILES string of the molecule is C=C(C)C[C@H]1O[C@@H](C(=C)C)[C@H]2[C@@H]1C(=O)CC[C@@H]2C(C)C. The van der Waals surface area contributed by atoms with Crippen LogP contribution in [0.15, 0.2) is 24.3 Å². The predicted octanol–water partition coefficient (Wildman–Crippen LogP) is 4.16. The Hall–Kier alpha value is -0.890. The van der Waals surface area contributed by atoms with Gasteiger partial charge in [0.25, 0.3) is 0 Å². The van der Waals surface area contributed by atoms with Crippen LogP contribution in [0.25, 0.3) is 0 Å². The summed E-state index contributed by atoms with van der Waals surface area (Å²) in [4.78, 5) is 12.5. The molecule has 0 unspecified atom stereocenters. The fraction of sp³-hybridized carbons (Fsp3) is 0.722. The van der Waals surface area contributed by atoms with Gasteiger partial charge in [-0.1, -0.05) is 31.6 Å². The number of rotatable bonds is 4. The summed E-state index contributed by atoms with van der Waals surface area (Å²) in [6, 6.07) is 0. The van der Waals surface area contributed by atoms with Crippen molar-refractivity contribution in [1.82, 2.24) is 0 Å². The van der Waals surface area contributed by atoms with E-state index < -0.39 is 0 Å². The lowest BCUT2D eigenvalue weighted by atomic mass is 9.64. The molecule has 2 heteroatoms. The molecule has 20 heavy (non-hydrogen) atoms. The summed E-state index contributed by atoms with van der Waals surface area (Å²) in [5, 5.41) is 0. The van der Waals surface area contributed by atoms with Gasteiger partial charge in [0, 0.05) is 12.3 Å². The van der Waals surface area contributed by atoms with Gasteiger partial charge < -0.3 is 4.74 Å². The number of carbonyl (C=O) groups excluding carboxylic acids is 1. The molecule has 0 aromatic carbocycles. The van der Waals surface area contributed by atoms with Gasteiger partial charge in [0.05, 0.1) is 18.1 Å². The molecule has 2 fully saturated rings. The fourth-order valence-corrected chi connectivity index (χ4v) is 4.12. The fourth-order valence-electron chi connectivity index (χ4n) is 4.12. The van der Waals surface area contributed by atoms with E-state index >= 15 is 0 Å². The van der Waals surface area contributed by atoms with E-state index in [4.69, 9.17) is 4.74 Å². The van der Waals surface area contributed by atoms with Crippen molar-refractivity contribution in [3.05, 3.63) is 24.3 Å². The van der Waals surface area contributed by atoms with Crippen LogP contribution in [0.1, 0.15) is 47.0 Å². The largest absolute Gasteiger partial charge is 0.369 e. The van der Waals surface area contributed by atoms with E-state index in [1.807, 2.05) is 13.8 Å². The van der Waals surface area contributed by atoms with Crippen molar-refractivity contribution in [2.75, 3.05) is 0 Å². The van der Waals surface area contributed by atoms with Gasteiger partial charge >= 0.3 is 0 Å². The molecule has 112 valence electrons. The van der Waals surface area contributed by atoms with Gasteiger partial charge in [-0.25, -0.2) is 0 Å². The second-order valence-corrected chi connectivity index (χ2v) is 7.12. The monoisotopic (exact) mass is 276 g/mol. The summed E-state index contributed by atoms with van der Waals surface area (Å²) in [5.74, 6) is 1.91. The molecule has 1 heterocycles. The van der Waals surface area contributed by atoms with Crippen LogP contribution in [0, 0.1) is 23.7 Å². The molecule has 0 radical (unpaired) electrons. The number of carbonyl (C=O) groups is 1. The van der Waals surface area contributed by atoms with Crippen molar-refractivity contribution >= 4 is 5.78 Å². The summed E-state index contributed by atoms with van der Waals surface area (Å²) >= 11 is 0. The zero-order valence-electron chi connectivity index (χ0n) is 13.3. The molecule has 0 aromatic rings. The van der Waals surface area contributed by atoms with Crippen molar-refractivity contribution in [3.8, 4) is 0 Å². The number of Topliss-reactive ketones (excluding diaryl/α,β-unsaturated/α-hetero) is 1. The molecule has 2 rings (SSSR count). The molecule has 0 aromatic heterocycles. The van der Waals surface area contributed by atoms with Gasteiger partial charge in [-0.3, -0.25) is 4.79 Å². The van der Waals surface area contributed by atoms with Crippen molar-refractivity contribution < 1.29 is 9.53 Å². The molecule has 0 amide bonds. The van der Waals surface area contributed by atoms with E-state index in [1.165, 1.54) is 0 Å². The molecule has 2 nitrogen and oxygen atoms in total. The number of ketones is 1. The molecule has 1 saturated carbocycles. The van der Waals surface area contributed by atoms with E-state index in [0.717, 1.165) is 24.0 Å². The minimum atomic E-state index is 0.00764. The van der Waals surface area contributed by atoms with Crippen molar-refractivity contribution in [3.63, 3.8) is 0 Å². The molecular weight excluding hydrogens is 248 g/mol. The molecule has 0 spiro atoms. The second kappa shape index (κ2) is 5.85. The number of ether oxygens (including phenoxy) is 1. The molecule has 1 aliphatic carbocycles. The lowest BCUT2D eigenvalue weighted by Crippen LogP contribution is -2.41. The Morgan fingerprint density at radius 2 is 2.00 bits per heavy atom. The highest BCUT2D eigenvalue weighted by molar-refractivity contribution is 5.83. The molecule has 2 aliphatic rings. The third-order valence-corrected chi connectivity index (χ3v) is 4.97. The van der Waals surface area contributed by atoms with Gasteiger partial charge in [-0.15, -0.1) is 6.58 Å². The minimum Gasteiger partial charge on any atom is -0.369 e. The Labute approximate surface area is 123 Å². The van der Waals surface area contributed by atoms with Crippen LogP contribution in [-0.4, -0.2) is 18.0 Å². The first kappa shape index (κ1) is 15.5. The van der Waals surface area contributed by atoms with E-state index in [0.29, 0.717) is 30.0 Å². The quantitative estimate of drug-likeness (QED) is 0.721. The maximum absolute atomic E-state index is 12.5. The van der Waals surface area contributed by atoms with E-state index in [2.05, 4.69) is 27.0 Å². The predicted molar refractivity (Wildman–Crippen MR) is 82.5 cm³/mol. The van der Waals surface area contributed by atoms with Crippen LogP contribution in [0.3, 0.4) is 0 Å². The Bertz CT molecular complexity index is 421. The van der Waals surface area contributed by atoms with Crippen molar-refractivity contribution in [1.29, 1.82) is 0 Å². The van der Waals surface area contributed by atoms with Gasteiger partial charge in [-0.2, -0.15) is 0 Å². The van der Waals surface area contributed by atoms with Crippen LogP contribution in [0.4, 0.5) is 0 Å². The van der Waals surface area contributed by atoms with Crippen LogP contribution in [-0.2, 0) is 9.53 Å². The van der Waals surface area contributed by atoms with Crippen LogP contribution in [0.5, 0.6) is 0 Å². The Kier molecular flexibility index (Phi) is 4.53. The van der Waals surface area contributed by atoms with E-state index in [9.17, 15) is 4.79 Å². The van der Waals surface area contributed by atoms with Gasteiger partial charge in [0.2, 0.25) is 0 Å². The molecule has 1 aliphatic heterocycles. The standard InChI is InChI=1S/C18H28O2/c1-10(2)9-15-17-14(19)8-7-13(11(3)4)16(17)18(20-15)12(5)6/h11,13,15-18H,1,5,7-9H2,2-4,6H3/t13-,15-,16-,17-,18+/m1/s1. The molecule has 0 N–H and O–H groups in total. The average Bonchev–Trinajstić information content (AvgIpc) is 2.68. The van der Waals surface area contributed by atoms with Crippen LogP contribution in [0.2, 0.25) is 0 Å². The highest BCUT2D eigenvalue weighted by Gasteiger charge is 2.53. The van der Waals surface area contributed by atoms with Crippen LogP contribution >= 0.6 is 0 Å². The summed E-state index contributed by atoms with van der Waals surface area (Å²) < 4.78 is 6.25. The first-order valence-electron chi connectivity index (χ1n) is 7.80. The smallest absolute Gasteiger partial charge is 0.138 e. The van der Waals surface area contributed by atoms with Gasteiger partial charge in [-0.05, 0) is 38.5 Å². The average molecular weight is 276 g/mol. The van der Waals surface area contributed by atoms with Gasteiger partial charge in [0.1, 0.15) is 5.78 Å². The second-order valence-electron chi connectivity index (χ2n) is 7.12. The highest BCUT2D eigenvalue weighted by Crippen LogP contribution is 2.49. The summed E-state index contributed by atoms with van der Waals surface area (Å²) in [6.07, 6.45) is 2.56. The van der Waals surface area contributed by atoms with Crippen molar-refractivity contribution in [2.45, 2.75) is 59.2 Å². The normalized spacial score (nSPS) is 37.0. The molecule has 0 bridgehead atoms. The van der Waals surface area contributed by atoms with E-state index in [-0.39, 0.29) is 18.1 Å². The third-order valence-electron chi connectivity index (χ3n) is 4.97. The maximum Gasteiger partial charge on any atom is 0.138 e. The summed E-state index contributed by atoms with van der Waals surface area (Å²) in [5.41, 5.74) is 2.15. The van der Waals surface area contributed by atoms with E-state index in [1.54, 1.807) is 0 Å². The van der Waals surface area contributed by atoms with Crippen molar-refractivity contribution in [2.24, 2.45) is 23.7 Å². The zero-order chi connectivity index (χ0) is 15.0. The lowest BCUT2D eigenvalue weighted by Gasteiger charge is -2.38. The number of hydrogen-bond acceptors (Lipinski definition) is 2. The number of fused-ring (bicyclic) bond motifs is 1. The third kappa shape index (κ3) is 2.76. The Balaban J connectivity index is 2.33. The first-order valence-corrected chi connectivity index (χ1v) is 7.80. The molecule has 5 atom stereocenters. The summed E-state index contributed by atoms with van der Waals surface area (Å²) in [6.45, 7) is 16.7. The number of hydrogen-bond donors (Lipinski definition) is 0. The molecule has 1 saturated heterocycles. The Morgan fingerprint density at radius 1 is 1.35 bits per heavy atom. The highest BCUT2D eigenvalue weighted by atomic mass is 16.5. The van der Waals surface area contributed by atoms with Crippen LogP contribution < -0.4 is 0 Å². The maximum atomic E-state index is 12.5. The zero-order valence-corrected chi connectivity index (χ0v) is 13.3. The Morgan fingerprint density at radius 3 is 2.50 bits per heavy atom. The topological polar surface area (TPSA) is 26.3 Å². The van der Waals surface area contributed by atoms with Gasteiger partial charge in [0.15, 0.2) is 0 Å². The lowest BCUT2D eigenvalue weighted by molar-refractivity contribution is -0.129. The minimum absolute atomic E-state index is 0.00764. The summed E-state index contributed by atoms with van der Waals surface area (Å²) in [7, 11) is 0. The first-order chi connectivity index (χ1) is 9.32. The molecular formula is C18H28O2.